The average Bonchev–Trinajstić information content (AvgIpc) is 3.50. The summed E-state index contributed by atoms with van der Waals surface area (Å²) in [5.74, 6) is -0.311. The van der Waals surface area contributed by atoms with Crippen LogP contribution in [-0.2, 0) is 13.1 Å². The molecule has 1 N–H and O–H groups in total. The Hall–Kier alpha value is -4.01. The number of carbonyl (C=O) groups is 2. The maximum Gasteiger partial charge on any atom is 0.352 e. The number of hydrogen-bond acceptors (Lipinski definition) is 5. The first-order valence-corrected chi connectivity index (χ1v) is 12.9. The maximum absolute atomic E-state index is 13.6. The molecule has 9 nitrogen and oxygen atoms in total. The predicted molar refractivity (Wildman–Crippen MR) is 141 cm³/mol. The van der Waals surface area contributed by atoms with E-state index in [0.717, 1.165) is 41.5 Å². The Balaban J connectivity index is 1.64. The van der Waals surface area contributed by atoms with Crippen molar-refractivity contribution in [1.29, 1.82) is 0 Å². The maximum atomic E-state index is 13.6. The third-order valence-electron chi connectivity index (χ3n) is 7.16. The van der Waals surface area contributed by atoms with Gasteiger partial charge in [0.05, 0.1) is 10.9 Å². The Bertz CT molecular complexity index is 1650. The van der Waals surface area contributed by atoms with Crippen molar-refractivity contribution >= 4 is 28.4 Å². The molecule has 37 heavy (non-hydrogen) atoms. The summed E-state index contributed by atoms with van der Waals surface area (Å²) in [5.41, 5.74) is 2.16. The third kappa shape index (κ3) is 4.50. The highest BCUT2D eigenvalue weighted by Crippen LogP contribution is 2.20. The third-order valence-corrected chi connectivity index (χ3v) is 7.16. The number of benzene rings is 2. The van der Waals surface area contributed by atoms with E-state index in [0.29, 0.717) is 35.0 Å². The Morgan fingerprint density at radius 1 is 1.05 bits per heavy atom. The first-order valence-electron chi connectivity index (χ1n) is 12.9. The van der Waals surface area contributed by atoms with Gasteiger partial charge in [-0.05, 0) is 62.9 Å². The monoisotopic (exact) mass is 501 g/mol. The van der Waals surface area contributed by atoms with E-state index in [9.17, 15) is 19.2 Å². The summed E-state index contributed by atoms with van der Waals surface area (Å²) >= 11 is 0. The van der Waals surface area contributed by atoms with E-state index in [1.54, 1.807) is 24.3 Å². The van der Waals surface area contributed by atoms with Crippen LogP contribution in [0.2, 0.25) is 0 Å². The number of aryl methyl sites for hydroxylation is 3. The molecule has 1 amide bonds. The fraction of sp³-hybridized carbons (Fsp3) is 0.393. The minimum atomic E-state index is -0.531. The Labute approximate surface area is 213 Å². The van der Waals surface area contributed by atoms with Gasteiger partial charge in [-0.3, -0.25) is 19.0 Å². The topological polar surface area (TPSA) is 107 Å². The number of aromatic nitrogens is 4. The second-order valence-electron chi connectivity index (χ2n) is 9.96. The van der Waals surface area contributed by atoms with Gasteiger partial charge in [0.1, 0.15) is 6.54 Å². The van der Waals surface area contributed by atoms with E-state index in [1.807, 2.05) is 32.9 Å². The molecule has 0 unspecified atom stereocenters. The SMILES string of the molecule is CCCn1c(=O)c2ccc(C(=O)NC3CCCC3)cc2n2c(=O)n(CC(=O)c3cc(C)ccc3C)nc12. The summed E-state index contributed by atoms with van der Waals surface area (Å²) in [7, 11) is 0. The van der Waals surface area contributed by atoms with E-state index < -0.39 is 5.69 Å². The molecule has 0 atom stereocenters. The van der Waals surface area contributed by atoms with E-state index in [-0.39, 0.29) is 35.6 Å². The number of rotatable bonds is 7. The van der Waals surface area contributed by atoms with E-state index >= 15 is 0 Å². The molecule has 1 aliphatic rings. The van der Waals surface area contributed by atoms with Gasteiger partial charge < -0.3 is 5.32 Å². The largest absolute Gasteiger partial charge is 0.352 e. The summed E-state index contributed by atoms with van der Waals surface area (Å²) in [6.45, 7) is 5.80. The summed E-state index contributed by atoms with van der Waals surface area (Å²) in [6.07, 6.45) is 4.74. The number of carbonyl (C=O) groups excluding carboxylic acids is 2. The highest BCUT2D eigenvalue weighted by atomic mass is 16.2. The molecular weight excluding hydrogens is 470 g/mol. The van der Waals surface area contributed by atoms with E-state index in [2.05, 4.69) is 10.4 Å². The first kappa shape index (κ1) is 24.7. The van der Waals surface area contributed by atoms with Crippen molar-refractivity contribution in [3.05, 3.63) is 79.5 Å². The number of hydrogen-bond donors (Lipinski definition) is 1. The number of ketones is 1. The Morgan fingerprint density at radius 3 is 2.54 bits per heavy atom. The number of amides is 1. The molecule has 0 radical (unpaired) electrons. The molecule has 192 valence electrons. The minimum absolute atomic E-state index is 0.141. The van der Waals surface area contributed by atoms with Crippen LogP contribution in [0.5, 0.6) is 0 Å². The van der Waals surface area contributed by atoms with Crippen LogP contribution in [0.25, 0.3) is 16.7 Å². The number of nitrogens with one attached hydrogen (secondary N) is 1. The molecule has 2 heterocycles. The Kier molecular flexibility index (Phi) is 6.54. The highest BCUT2D eigenvalue weighted by Gasteiger charge is 2.22. The van der Waals surface area contributed by atoms with Gasteiger partial charge in [-0.2, -0.15) is 0 Å². The van der Waals surface area contributed by atoms with Crippen LogP contribution in [0, 0.1) is 13.8 Å². The molecule has 0 bridgehead atoms. The lowest BCUT2D eigenvalue weighted by Gasteiger charge is -2.13. The van der Waals surface area contributed by atoms with Crippen LogP contribution in [-0.4, -0.2) is 36.5 Å². The summed E-state index contributed by atoms with van der Waals surface area (Å²) in [5, 5.41) is 7.80. The van der Waals surface area contributed by atoms with Gasteiger partial charge in [-0.1, -0.05) is 37.5 Å². The van der Waals surface area contributed by atoms with Crippen molar-refractivity contribution in [2.75, 3.05) is 0 Å². The molecule has 2 aromatic carbocycles. The molecule has 0 spiro atoms. The van der Waals surface area contributed by atoms with Gasteiger partial charge in [-0.25, -0.2) is 13.9 Å². The molecule has 4 aromatic rings. The lowest BCUT2D eigenvalue weighted by Crippen LogP contribution is -2.33. The fourth-order valence-corrected chi connectivity index (χ4v) is 5.18. The van der Waals surface area contributed by atoms with Crippen LogP contribution < -0.4 is 16.6 Å². The standard InChI is InChI=1S/C28H31N5O4/c1-4-13-31-26(36)21-12-11-19(25(35)29-20-7-5-6-8-20)15-23(21)33-27(31)30-32(28(33)37)16-24(34)22-14-17(2)9-10-18(22)3/h9-12,14-15,20H,4-8,13,16H2,1-3H3,(H,29,35). The van der Waals surface area contributed by atoms with E-state index in [1.165, 1.54) is 8.97 Å². The minimum Gasteiger partial charge on any atom is -0.349 e. The second kappa shape index (κ2) is 9.80. The number of nitrogens with zero attached hydrogens (tertiary/aromatic N) is 4. The van der Waals surface area contributed by atoms with Gasteiger partial charge in [0.15, 0.2) is 5.78 Å². The van der Waals surface area contributed by atoms with Gasteiger partial charge in [-0.15, -0.1) is 5.10 Å². The van der Waals surface area contributed by atoms with Crippen molar-refractivity contribution < 1.29 is 9.59 Å². The quantitative estimate of drug-likeness (QED) is 0.391. The molecule has 9 heteroatoms. The highest BCUT2D eigenvalue weighted by molar-refractivity contribution is 5.98. The Morgan fingerprint density at radius 2 is 1.81 bits per heavy atom. The summed E-state index contributed by atoms with van der Waals surface area (Å²) in [4.78, 5) is 53.0. The average molecular weight is 502 g/mol. The molecule has 5 rings (SSSR count). The van der Waals surface area contributed by atoms with Crippen molar-refractivity contribution in [2.45, 2.75) is 72.0 Å². The molecule has 0 saturated heterocycles. The van der Waals surface area contributed by atoms with Gasteiger partial charge in [0.2, 0.25) is 5.78 Å². The van der Waals surface area contributed by atoms with Crippen molar-refractivity contribution in [2.24, 2.45) is 0 Å². The van der Waals surface area contributed by atoms with Crippen LogP contribution in [0.1, 0.15) is 70.9 Å². The van der Waals surface area contributed by atoms with Crippen molar-refractivity contribution in [3.63, 3.8) is 0 Å². The molecule has 0 aliphatic heterocycles. The number of Topliss-reactive ketones (excluding diaryl/α,β-unsaturated/α-hetero) is 1. The molecular formula is C28H31N5O4. The van der Waals surface area contributed by atoms with Crippen molar-refractivity contribution in [1.82, 2.24) is 24.1 Å². The fourth-order valence-electron chi connectivity index (χ4n) is 5.18. The lowest BCUT2D eigenvalue weighted by atomic mass is 10.0. The summed E-state index contributed by atoms with van der Waals surface area (Å²) < 4.78 is 3.91. The zero-order valence-corrected chi connectivity index (χ0v) is 21.4. The molecule has 1 saturated carbocycles. The zero-order chi connectivity index (χ0) is 26.3. The van der Waals surface area contributed by atoms with E-state index in [4.69, 9.17) is 0 Å². The van der Waals surface area contributed by atoms with Crippen molar-refractivity contribution in [3.8, 4) is 0 Å². The predicted octanol–water partition coefficient (Wildman–Crippen LogP) is 3.39. The number of fused-ring (bicyclic) bond motifs is 3. The van der Waals surface area contributed by atoms with Crippen LogP contribution >= 0.6 is 0 Å². The van der Waals surface area contributed by atoms with Crippen LogP contribution in [0.4, 0.5) is 0 Å². The van der Waals surface area contributed by atoms with Gasteiger partial charge in [0, 0.05) is 23.7 Å². The van der Waals surface area contributed by atoms with Crippen LogP contribution in [0.15, 0.2) is 46.0 Å². The molecule has 1 fully saturated rings. The zero-order valence-electron chi connectivity index (χ0n) is 21.4. The molecule has 2 aromatic heterocycles. The normalized spacial score (nSPS) is 14.0. The lowest BCUT2D eigenvalue weighted by molar-refractivity contribution is 0.0935. The summed E-state index contributed by atoms with van der Waals surface area (Å²) in [6, 6.07) is 10.5. The first-order chi connectivity index (χ1) is 17.8. The van der Waals surface area contributed by atoms with Crippen LogP contribution in [0.3, 0.4) is 0 Å². The molecule has 1 aliphatic carbocycles. The second-order valence-corrected chi connectivity index (χ2v) is 9.96. The van der Waals surface area contributed by atoms with Gasteiger partial charge in [0.25, 0.3) is 11.5 Å². The smallest absolute Gasteiger partial charge is 0.349 e. The van der Waals surface area contributed by atoms with Gasteiger partial charge >= 0.3 is 5.69 Å².